The zero-order valence-corrected chi connectivity index (χ0v) is 9.98. The Balaban J connectivity index is 2.57. The first-order chi connectivity index (χ1) is 7.67. The minimum atomic E-state index is 0.0841. The molecule has 0 aliphatic rings. The third kappa shape index (κ3) is 3.83. The Morgan fingerprint density at radius 2 is 2.19 bits per heavy atom. The molecule has 5 nitrogen and oxygen atoms in total. The molecule has 0 saturated heterocycles. The Kier molecular flexibility index (Phi) is 5.28. The van der Waals surface area contributed by atoms with E-state index in [0.29, 0.717) is 12.6 Å². The van der Waals surface area contributed by atoms with Gasteiger partial charge in [-0.1, -0.05) is 0 Å². The molecular formula is C11H21N3O2. The SMILES string of the molecule is Cc1cc(NC(C)CCCO)n(CCO)n1. The van der Waals surface area contributed by atoms with Crippen molar-refractivity contribution in [1.29, 1.82) is 0 Å². The van der Waals surface area contributed by atoms with Crippen molar-refractivity contribution < 1.29 is 10.2 Å². The van der Waals surface area contributed by atoms with Crippen LogP contribution in [0, 0.1) is 6.92 Å². The van der Waals surface area contributed by atoms with Crippen LogP contribution in [0.25, 0.3) is 0 Å². The van der Waals surface area contributed by atoms with E-state index in [0.717, 1.165) is 24.4 Å². The van der Waals surface area contributed by atoms with Gasteiger partial charge < -0.3 is 15.5 Å². The molecule has 16 heavy (non-hydrogen) atoms. The van der Waals surface area contributed by atoms with E-state index in [1.807, 2.05) is 13.0 Å². The Hall–Kier alpha value is -1.07. The smallest absolute Gasteiger partial charge is 0.124 e. The number of anilines is 1. The molecule has 1 aromatic rings. The van der Waals surface area contributed by atoms with E-state index in [2.05, 4.69) is 17.3 Å². The fourth-order valence-electron chi connectivity index (χ4n) is 1.65. The summed E-state index contributed by atoms with van der Waals surface area (Å²) in [5.41, 5.74) is 0.935. The molecule has 3 N–H and O–H groups in total. The Labute approximate surface area is 96.1 Å². The topological polar surface area (TPSA) is 70.3 Å². The lowest BCUT2D eigenvalue weighted by Gasteiger charge is -2.15. The van der Waals surface area contributed by atoms with Gasteiger partial charge in [0, 0.05) is 18.7 Å². The highest BCUT2D eigenvalue weighted by molar-refractivity contribution is 5.37. The second-order valence-electron chi connectivity index (χ2n) is 4.03. The second kappa shape index (κ2) is 6.50. The number of aliphatic hydroxyl groups is 2. The molecular weight excluding hydrogens is 206 g/mol. The molecule has 5 heteroatoms. The predicted molar refractivity (Wildman–Crippen MR) is 63.5 cm³/mol. The van der Waals surface area contributed by atoms with Gasteiger partial charge in [0.15, 0.2) is 0 Å². The quantitative estimate of drug-likeness (QED) is 0.643. The van der Waals surface area contributed by atoms with Gasteiger partial charge in [-0.15, -0.1) is 0 Å². The number of aryl methyl sites for hydroxylation is 1. The summed E-state index contributed by atoms with van der Waals surface area (Å²) in [4.78, 5) is 0. The summed E-state index contributed by atoms with van der Waals surface area (Å²) in [5.74, 6) is 0.928. The van der Waals surface area contributed by atoms with Crippen molar-refractivity contribution in [2.24, 2.45) is 0 Å². The maximum absolute atomic E-state index is 8.91. The van der Waals surface area contributed by atoms with E-state index in [1.165, 1.54) is 0 Å². The normalized spacial score (nSPS) is 12.8. The number of hydrogen-bond donors (Lipinski definition) is 3. The van der Waals surface area contributed by atoms with Crippen LogP contribution in [-0.4, -0.2) is 39.2 Å². The zero-order valence-electron chi connectivity index (χ0n) is 9.98. The molecule has 0 bridgehead atoms. The van der Waals surface area contributed by atoms with Gasteiger partial charge in [-0.25, -0.2) is 4.68 Å². The van der Waals surface area contributed by atoms with Gasteiger partial charge >= 0.3 is 0 Å². The van der Waals surface area contributed by atoms with E-state index >= 15 is 0 Å². The van der Waals surface area contributed by atoms with Crippen molar-refractivity contribution in [3.05, 3.63) is 11.8 Å². The van der Waals surface area contributed by atoms with Gasteiger partial charge in [0.25, 0.3) is 0 Å². The number of nitrogens with one attached hydrogen (secondary N) is 1. The summed E-state index contributed by atoms with van der Waals surface area (Å²) in [7, 11) is 0. The van der Waals surface area contributed by atoms with Gasteiger partial charge in [0.1, 0.15) is 5.82 Å². The molecule has 0 aliphatic carbocycles. The molecule has 0 fully saturated rings. The molecule has 0 aliphatic heterocycles. The van der Waals surface area contributed by atoms with Crippen molar-refractivity contribution in [3.8, 4) is 0 Å². The number of rotatable bonds is 7. The van der Waals surface area contributed by atoms with Crippen molar-refractivity contribution in [1.82, 2.24) is 9.78 Å². The van der Waals surface area contributed by atoms with E-state index in [4.69, 9.17) is 10.2 Å². The van der Waals surface area contributed by atoms with Crippen molar-refractivity contribution in [2.45, 2.75) is 39.3 Å². The predicted octanol–water partition coefficient (Wildman–Crippen LogP) is 0.757. The summed E-state index contributed by atoms with van der Waals surface area (Å²) in [6.45, 7) is 4.81. The van der Waals surface area contributed by atoms with Crippen LogP contribution in [0.4, 0.5) is 5.82 Å². The average Bonchev–Trinajstić information content (AvgIpc) is 2.56. The van der Waals surface area contributed by atoms with Crippen LogP contribution >= 0.6 is 0 Å². The highest BCUT2D eigenvalue weighted by Crippen LogP contribution is 2.12. The monoisotopic (exact) mass is 227 g/mol. The summed E-state index contributed by atoms with van der Waals surface area (Å²) in [6.07, 6.45) is 1.71. The van der Waals surface area contributed by atoms with Crippen LogP contribution in [0.2, 0.25) is 0 Å². The maximum atomic E-state index is 8.91. The van der Waals surface area contributed by atoms with Gasteiger partial charge in [0.05, 0.1) is 18.8 Å². The van der Waals surface area contributed by atoms with Crippen LogP contribution in [0.15, 0.2) is 6.07 Å². The third-order valence-electron chi connectivity index (χ3n) is 2.40. The number of aliphatic hydroxyl groups excluding tert-OH is 2. The number of nitrogens with zero attached hydrogens (tertiary/aromatic N) is 2. The first-order valence-corrected chi connectivity index (χ1v) is 5.70. The van der Waals surface area contributed by atoms with Crippen molar-refractivity contribution in [2.75, 3.05) is 18.5 Å². The van der Waals surface area contributed by atoms with E-state index in [9.17, 15) is 0 Å². The molecule has 1 heterocycles. The summed E-state index contributed by atoms with van der Waals surface area (Å²) in [6, 6.07) is 2.26. The van der Waals surface area contributed by atoms with Gasteiger partial charge in [0.2, 0.25) is 0 Å². The molecule has 1 atom stereocenters. The molecule has 92 valence electrons. The molecule has 1 aromatic heterocycles. The van der Waals surface area contributed by atoms with E-state index in [-0.39, 0.29) is 13.2 Å². The fourth-order valence-corrected chi connectivity index (χ4v) is 1.65. The summed E-state index contributed by atoms with van der Waals surface area (Å²) in [5, 5.41) is 25.3. The van der Waals surface area contributed by atoms with E-state index < -0.39 is 0 Å². The van der Waals surface area contributed by atoms with Gasteiger partial charge in [-0.2, -0.15) is 5.10 Å². The fraction of sp³-hybridized carbons (Fsp3) is 0.727. The maximum Gasteiger partial charge on any atom is 0.124 e. The lowest BCUT2D eigenvalue weighted by Crippen LogP contribution is -2.19. The molecule has 1 unspecified atom stereocenters. The second-order valence-corrected chi connectivity index (χ2v) is 4.03. The first-order valence-electron chi connectivity index (χ1n) is 5.70. The van der Waals surface area contributed by atoms with E-state index in [1.54, 1.807) is 4.68 Å². The lowest BCUT2D eigenvalue weighted by atomic mass is 10.2. The Morgan fingerprint density at radius 3 is 2.81 bits per heavy atom. The van der Waals surface area contributed by atoms with Crippen LogP contribution in [0.1, 0.15) is 25.5 Å². The third-order valence-corrected chi connectivity index (χ3v) is 2.40. The van der Waals surface area contributed by atoms with Crippen molar-refractivity contribution >= 4 is 5.82 Å². The average molecular weight is 227 g/mol. The van der Waals surface area contributed by atoms with Gasteiger partial charge in [-0.05, 0) is 26.7 Å². The highest BCUT2D eigenvalue weighted by atomic mass is 16.3. The number of hydrogen-bond acceptors (Lipinski definition) is 4. The standard InChI is InChI=1S/C11H21N3O2/c1-9(4-3-6-15)12-11-8-10(2)13-14(11)5-7-16/h8-9,12,15-16H,3-7H2,1-2H3. The molecule has 0 radical (unpaired) electrons. The Bertz CT molecular complexity index is 312. The zero-order chi connectivity index (χ0) is 12.0. The minimum Gasteiger partial charge on any atom is -0.396 e. The largest absolute Gasteiger partial charge is 0.396 e. The van der Waals surface area contributed by atoms with Crippen LogP contribution in [-0.2, 0) is 6.54 Å². The highest BCUT2D eigenvalue weighted by Gasteiger charge is 2.08. The first kappa shape index (κ1) is 13.0. The Morgan fingerprint density at radius 1 is 1.44 bits per heavy atom. The molecule has 0 spiro atoms. The summed E-state index contributed by atoms with van der Waals surface area (Å²) < 4.78 is 1.77. The molecule has 0 aromatic carbocycles. The minimum absolute atomic E-state index is 0.0841. The molecule has 1 rings (SSSR count). The van der Waals surface area contributed by atoms with Crippen LogP contribution in [0.5, 0.6) is 0 Å². The van der Waals surface area contributed by atoms with Crippen LogP contribution in [0.3, 0.4) is 0 Å². The molecule has 0 saturated carbocycles. The van der Waals surface area contributed by atoms with Gasteiger partial charge in [-0.3, -0.25) is 0 Å². The van der Waals surface area contributed by atoms with Crippen molar-refractivity contribution in [3.63, 3.8) is 0 Å². The summed E-state index contributed by atoms with van der Waals surface area (Å²) >= 11 is 0. The number of aromatic nitrogens is 2. The molecule has 0 amide bonds. The lowest BCUT2D eigenvalue weighted by molar-refractivity contribution is 0.269. The van der Waals surface area contributed by atoms with Crippen LogP contribution < -0.4 is 5.32 Å².